The second-order valence-corrected chi connectivity index (χ2v) is 10.8. The van der Waals surface area contributed by atoms with Gasteiger partial charge in [-0.3, -0.25) is 4.79 Å². The lowest BCUT2D eigenvalue weighted by Crippen LogP contribution is -2.25. The summed E-state index contributed by atoms with van der Waals surface area (Å²) in [6.07, 6.45) is -4.32. The van der Waals surface area contributed by atoms with Crippen molar-refractivity contribution in [2.24, 2.45) is 0 Å². The molecule has 5 nitrogen and oxygen atoms in total. The number of carbonyl (C=O) groups excluding carboxylic acids is 1. The first-order valence-electron chi connectivity index (χ1n) is 10.9. The molecular weight excluding hydrogens is 479 g/mol. The highest BCUT2D eigenvalue weighted by molar-refractivity contribution is 7.91. The van der Waals surface area contributed by atoms with Crippen molar-refractivity contribution in [2.45, 2.75) is 43.9 Å². The fraction of sp³-hybridized carbons (Fsp3) is 0.269. The molecule has 0 aliphatic heterocycles. The topological polar surface area (TPSA) is 72.5 Å². The number of ether oxygens (including phenoxy) is 1. The average Bonchev–Trinajstić information content (AvgIpc) is 2.80. The van der Waals surface area contributed by atoms with Crippen molar-refractivity contribution < 1.29 is 31.1 Å². The van der Waals surface area contributed by atoms with E-state index in [1.807, 2.05) is 0 Å². The Morgan fingerprint density at radius 2 is 1.40 bits per heavy atom. The maximum absolute atomic E-state index is 12.8. The van der Waals surface area contributed by atoms with Gasteiger partial charge in [-0.25, -0.2) is 8.42 Å². The van der Waals surface area contributed by atoms with Gasteiger partial charge in [-0.2, -0.15) is 13.2 Å². The lowest BCUT2D eigenvalue weighted by Gasteiger charge is -2.27. The SMILES string of the molecule is CCS(=O)(=O)c1ccc(CC(=O)Nc2ccc(OC(C)(C)c3ccc(C(F)(F)F)cc3)cc2)cc1. The van der Waals surface area contributed by atoms with Crippen LogP contribution < -0.4 is 10.1 Å². The Labute approximate surface area is 202 Å². The van der Waals surface area contributed by atoms with Gasteiger partial charge in [0.05, 0.1) is 22.6 Å². The van der Waals surface area contributed by atoms with Crippen LogP contribution in [-0.2, 0) is 32.8 Å². The lowest BCUT2D eigenvalue weighted by atomic mass is 9.96. The van der Waals surface area contributed by atoms with Crippen molar-refractivity contribution in [3.8, 4) is 5.75 Å². The quantitative estimate of drug-likeness (QED) is 0.408. The molecule has 0 bridgehead atoms. The molecule has 186 valence electrons. The van der Waals surface area contributed by atoms with Crippen LogP contribution in [0, 0.1) is 0 Å². The lowest BCUT2D eigenvalue weighted by molar-refractivity contribution is -0.137. The van der Waals surface area contributed by atoms with Gasteiger partial charge < -0.3 is 10.1 Å². The maximum Gasteiger partial charge on any atom is 0.416 e. The van der Waals surface area contributed by atoms with Crippen LogP contribution in [0.2, 0.25) is 0 Å². The Morgan fingerprint density at radius 3 is 1.91 bits per heavy atom. The van der Waals surface area contributed by atoms with Gasteiger partial charge in [0.1, 0.15) is 11.4 Å². The molecule has 0 fully saturated rings. The number of rotatable bonds is 8. The van der Waals surface area contributed by atoms with Crippen LogP contribution in [0.15, 0.2) is 77.7 Å². The second kappa shape index (κ2) is 10.1. The summed E-state index contributed by atoms with van der Waals surface area (Å²) in [6.45, 7) is 5.08. The Morgan fingerprint density at radius 1 is 0.857 bits per heavy atom. The molecular formula is C26H26F3NO4S. The van der Waals surface area contributed by atoms with Crippen molar-refractivity contribution in [3.05, 3.63) is 89.5 Å². The highest BCUT2D eigenvalue weighted by Crippen LogP contribution is 2.33. The number of nitrogens with one attached hydrogen (secondary N) is 1. The third-order valence-corrected chi connectivity index (χ3v) is 7.20. The van der Waals surface area contributed by atoms with Crippen molar-refractivity contribution in [1.29, 1.82) is 0 Å². The van der Waals surface area contributed by atoms with E-state index in [2.05, 4.69) is 5.32 Å². The Bertz CT molecular complexity index is 1270. The molecule has 0 aliphatic carbocycles. The highest BCUT2D eigenvalue weighted by Gasteiger charge is 2.31. The number of hydrogen-bond donors (Lipinski definition) is 1. The zero-order valence-corrected chi connectivity index (χ0v) is 20.3. The molecule has 1 N–H and O–H groups in total. The molecule has 0 radical (unpaired) electrons. The summed E-state index contributed by atoms with van der Waals surface area (Å²) in [6, 6.07) is 17.7. The van der Waals surface area contributed by atoms with Crippen molar-refractivity contribution in [3.63, 3.8) is 0 Å². The van der Waals surface area contributed by atoms with Crippen LogP contribution in [0.5, 0.6) is 5.75 Å². The molecule has 3 aromatic rings. The van der Waals surface area contributed by atoms with Gasteiger partial charge >= 0.3 is 6.18 Å². The first-order chi connectivity index (χ1) is 16.3. The number of alkyl halides is 3. The van der Waals surface area contributed by atoms with E-state index in [1.165, 1.54) is 24.3 Å². The normalized spacial score (nSPS) is 12.3. The number of carbonyl (C=O) groups is 1. The molecule has 0 heterocycles. The van der Waals surface area contributed by atoms with E-state index < -0.39 is 27.2 Å². The van der Waals surface area contributed by atoms with Crippen LogP contribution in [0.4, 0.5) is 18.9 Å². The van der Waals surface area contributed by atoms with E-state index >= 15 is 0 Å². The highest BCUT2D eigenvalue weighted by atomic mass is 32.2. The number of amides is 1. The van der Waals surface area contributed by atoms with Gasteiger partial charge in [-0.15, -0.1) is 0 Å². The molecule has 1 amide bonds. The third-order valence-electron chi connectivity index (χ3n) is 5.45. The number of anilines is 1. The Kier molecular flexibility index (Phi) is 7.59. The Hall–Kier alpha value is -3.33. The molecule has 0 atom stereocenters. The summed E-state index contributed by atoms with van der Waals surface area (Å²) in [4.78, 5) is 12.6. The minimum absolute atomic E-state index is 0.00800. The maximum atomic E-state index is 12.8. The summed E-state index contributed by atoms with van der Waals surface area (Å²) < 4.78 is 68.2. The Balaban J connectivity index is 1.60. The standard InChI is InChI=1S/C26H26F3NO4S/c1-4-35(32,33)23-15-5-18(6-16-23)17-24(31)30-21-11-13-22(14-12-21)34-25(2,3)19-7-9-20(10-8-19)26(27,28)29/h5-16H,4,17H2,1-3H3,(H,30,31). The molecule has 35 heavy (non-hydrogen) atoms. The van der Waals surface area contributed by atoms with Gasteiger partial charge in [-0.1, -0.05) is 31.2 Å². The van der Waals surface area contributed by atoms with Gasteiger partial charge in [-0.05, 0) is 73.5 Å². The van der Waals surface area contributed by atoms with E-state index in [0.29, 0.717) is 22.6 Å². The fourth-order valence-corrected chi connectivity index (χ4v) is 4.28. The van der Waals surface area contributed by atoms with E-state index in [0.717, 1.165) is 12.1 Å². The molecule has 9 heteroatoms. The zero-order chi connectivity index (χ0) is 25.9. The number of sulfone groups is 1. The predicted octanol–water partition coefficient (Wildman–Crippen LogP) is 5.99. The van der Waals surface area contributed by atoms with E-state index in [-0.39, 0.29) is 23.0 Å². The van der Waals surface area contributed by atoms with Crippen LogP contribution in [0.1, 0.15) is 37.5 Å². The zero-order valence-electron chi connectivity index (χ0n) is 19.5. The summed E-state index contributed by atoms with van der Waals surface area (Å²) in [5, 5.41) is 2.77. The van der Waals surface area contributed by atoms with E-state index in [1.54, 1.807) is 57.2 Å². The molecule has 0 aliphatic rings. The minimum atomic E-state index is -4.40. The minimum Gasteiger partial charge on any atom is -0.483 e. The number of halogens is 3. The van der Waals surface area contributed by atoms with E-state index in [4.69, 9.17) is 4.74 Å². The van der Waals surface area contributed by atoms with Gasteiger partial charge in [0.2, 0.25) is 5.91 Å². The predicted molar refractivity (Wildman–Crippen MR) is 128 cm³/mol. The van der Waals surface area contributed by atoms with Crippen LogP contribution in [0.25, 0.3) is 0 Å². The molecule has 0 unspecified atom stereocenters. The summed E-state index contributed by atoms with van der Waals surface area (Å²) in [5.41, 5.74) is 0.196. The average molecular weight is 506 g/mol. The molecule has 0 aromatic heterocycles. The second-order valence-electron chi connectivity index (χ2n) is 8.48. The van der Waals surface area contributed by atoms with Gasteiger partial charge in [0, 0.05) is 5.69 Å². The number of benzene rings is 3. The largest absolute Gasteiger partial charge is 0.483 e. The summed E-state index contributed by atoms with van der Waals surface area (Å²) in [5.74, 6) is 0.226. The number of hydrogen-bond acceptors (Lipinski definition) is 4. The van der Waals surface area contributed by atoms with Crippen molar-refractivity contribution in [1.82, 2.24) is 0 Å². The summed E-state index contributed by atoms with van der Waals surface area (Å²) in [7, 11) is -3.29. The van der Waals surface area contributed by atoms with Crippen LogP contribution >= 0.6 is 0 Å². The molecule has 0 spiro atoms. The smallest absolute Gasteiger partial charge is 0.416 e. The first-order valence-corrected chi connectivity index (χ1v) is 12.5. The first kappa shape index (κ1) is 26.3. The summed E-state index contributed by atoms with van der Waals surface area (Å²) >= 11 is 0. The van der Waals surface area contributed by atoms with Crippen molar-refractivity contribution >= 4 is 21.4 Å². The van der Waals surface area contributed by atoms with Crippen molar-refractivity contribution in [2.75, 3.05) is 11.1 Å². The van der Waals surface area contributed by atoms with E-state index in [9.17, 15) is 26.4 Å². The van der Waals surface area contributed by atoms with Gasteiger partial charge in [0.15, 0.2) is 9.84 Å². The fourth-order valence-electron chi connectivity index (χ4n) is 3.39. The third kappa shape index (κ3) is 6.85. The van der Waals surface area contributed by atoms with Crippen LogP contribution in [-0.4, -0.2) is 20.1 Å². The molecule has 0 saturated carbocycles. The monoisotopic (exact) mass is 505 g/mol. The molecule has 3 aromatic carbocycles. The molecule has 0 saturated heterocycles. The molecule has 3 rings (SSSR count). The van der Waals surface area contributed by atoms with Crippen LogP contribution in [0.3, 0.4) is 0 Å². The van der Waals surface area contributed by atoms with Gasteiger partial charge in [0.25, 0.3) is 0 Å².